The molecule has 0 saturated carbocycles. The summed E-state index contributed by atoms with van der Waals surface area (Å²) < 4.78 is 47.2. The number of esters is 2. The molecule has 0 radical (unpaired) electrons. The molecule has 0 amide bonds. The zero-order valence-electron chi connectivity index (χ0n) is 27.4. The molecule has 0 bridgehead atoms. The van der Waals surface area contributed by atoms with E-state index < -0.39 is 24.1 Å². The summed E-state index contributed by atoms with van der Waals surface area (Å²) in [5.74, 6) is -0.903. The van der Waals surface area contributed by atoms with E-state index in [0.29, 0.717) is 39.0 Å². The van der Waals surface area contributed by atoms with Crippen molar-refractivity contribution in [1.82, 2.24) is 0 Å². The minimum atomic E-state index is -0.847. The third-order valence-electron chi connectivity index (χ3n) is 2.90. The first-order chi connectivity index (χ1) is 19.0. The van der Waals surface area contributed by atoms with E-state index in [1.807, 2.05) is 6.92 Å². The van der Waals surface area contributed by atoms with Gasteiger partial charge in [-0.25, -0.2) is 47.0 Å². The van der Waals surface area contributed by atoms with Crippen LogP contribution in [0.5, 0.6) is 0 Å². The quantitative estimate of drug-likeness (QED) is 0.104. The van der Waals surface area contributed by atoms with Crippen LogP contribution in [0.4, 0.5) is 0 Å². The number of ether oxygens (including phenoxy) is 2. The number of thiol groups is 3. The Kier molecular flexibility index (Phi) is 34.3. The summed E-state index contributed by atoms with van der Waals surface area (Å²) in [5.41, 5.74) is 5.14. The second kappa shape index (κ2) is 38.5. The van der Waals surface area contributed by atoms with Crippen LogP contribution in [0, 0.1) is 0 Å². The summed E-state index contributed by atoms with van der Waals surface area (Å²) >= 11 is 10.9. The molecule has 4 unspecified atom stereocenters. The van der Waals surface area contributed by atoms with Crippen LogP contribution in [-0.4, -0.2) is 116 Å². The molecule has 2 heterocycles. The van der Waals surface area contributed by atoms with Gasteiger partial charge in [0.25, 0.3) is 0 Å². The van der Waals surface area contributed by atoms with Gasteiger partial charge in [0, 0.05) is 19.4 Å². The van der Waals surface area contributed by atoms with Gasteiger partial charge in [0.05, 0.1) is 25.4 Å². The Hall–Kier alpha value is -0.0552. The van der Waals surface area contributed by atoms with E-state index in [-0.39, 0.29) is 38.4 Å². The molecule has 2 fully saturated rings. The monoisotopic (exact) mass is 572 g/mol. The highest BCUT2D eigenvalue weighted by Gasteiger charge is 2.23. The van der Waals surface area contributed by atoms with Gasteiger partial charge < -0.3 is 40.7 Å². The number of aliphatic hydroxyl groups excluding tert-OH is 5. The van der Waals surface area contributed by atoms with Gasteiger partial charge >= 0.3 is 11.9 Å². The van der Waals surface area contributed by atoms with Crippen molar-refractivity contribution in [2.24, 2.45) is 5.73 Å². The number of carbonyl (C=O) groups is 2. The van der Waals surface area contributed by atoms with Crippen LogP contribution in [0.25, 0.3) is 0 Å². The lowest BCUT2D eigenvalue weighted by atomic mass is 10.2. The Balaban J connectivity index is -0.000000125. The fourth-order valence-electron chi connectivity index (χ4n) is 1.38. The lowest BCUT2D eigenvalue weighted by Crippen LogP contribution is -2.11. The van der Waals surface area contributed by atoms with Crippen molar-refractivity contribution in [3.8, 4) is 0 Å². The second-order valence-corrected chi connectivity index (χ2v) is 7.95. The number of cyclic esters (lactones) is 2. The van der Waals surface area contributed by atoms with Gasteiger partial charge in [-0.3, -0.25) is 0 Å². The zero-order valence-corrected chi connectivity index (χ0v) is 24.1. The first-order valence-corrected chi connectivity index (χ1v) is 12.5. The standard InChI is InChI=1S/C4H11NO.2C4H6O3.C4H10O2.3CH5BS/c1-4(6)2-3-5;2*5-3-1-2-7-4(3)6;1-4(6)2-3-5;3*1-2-3/h4,6H,2-3,5H2,1H3;2*3,5H,1-2H2;4-6H,2-3H2,1H3;3*2-3H,1H3/i6T;5T;;6T;3*2D. The third-order valence-corrected chi connectivity index (χ3v) is 2.90. The average molecular weight is 572 g/mol. The van der Waals surface area contributed by atoms with Crippen molar-refractivity contribution >= 4 is 68.9 Å². The largest absolute Gasteiger partial charge is 0.464 e. The van der Waals surface area contributed by atoms with Gasteiger partial charge in [0.15, 0.2) is 31.8 Å². The highest BCUT2D eigenvalue weighted by atomic mass is 32.1. The first kappa shape index (κ1) is 31.2. The van der Waals surface area contributed by atoms with Crippen molar-refractivity contribution in [3.05, 3.63) is 0 Å². The van der Waals surface area contributed by atoms with E-state index >= 15 is 0 Å². The molecule has 210 valence electrons. The predicted octanol–water partition coefficient (Wildman–Crippen LogP) is -0.999. The van der Waals surface area contributed by atoms with Crippen LogP contribution in [0.2, 0.25) is 20.5 Å². The van der Waals surface area contributed by atoms with Crippen molar-refractivity contribution < 1.29 is 44.6 Å². The van der Waals surface area contributed by atoms with Crippen molar-refractivity contribution in [1.29, 1.82) is 8.30 Å². The van der Waals surface area contributed by atoms with Gasteiger partial charge in [0.1, 0.15) is 0 Å². The number of rotatable bonds is 7. The molecule has 0 aromatic carbocycles. The summed E-state index contributed by atoms with van der Waals surface area (Å²) in [6, 6.07) is 0. The van der Waals surface area contributed by atoms with Crippen molar-refractivity contribution in [3.63, 3.8) is 0 Å². The van der Waals surface area contributed by atoms with Gasteiger partial charge in [0.2, 0.25) is 4.29 Å². The fourth-order valence-corrected chi connectivity index (χ4v) is 1.38. The van der Waals surface area contributed by atoms with Gasteiger partial charge in [-0.2, -0.15) is 0 Å². The number of carbonyl (C=O) groups excluding carboxylic acids is 2. The molecule has 0 aromatic heterocycles. The molecule has 35 heavy (non-hydrogen) atoms. The zero-order chi connectivity index (χ0) is 33.4. The highest BCUT2D eigenvalue weighted by molar-refractivity contribution is 8.07. The summed E-state index contributed by atoms with van der Waals surface area (Å²) in [6.07, 6.45) is 0.666. The van der Waals surface area contributed by atoms with Gasteiger partial charge in [-0.05, 0) is 37.2 Å². The minimum Gasteiger partial charge on any atom is -0.464 e. The van der Waals surface area contributed by atoms with E-state index in [9.17, 15) is 9.59 Å². The maximum Gasteiger partial charge on any atom is 0.335 e. The van der Waals surface area contributed by atoms with E-state index in [2.05, 4.69) is 62.2 Å². The topological polar surface area (TPSA) is 180 Å². The normalized spacial score (nSPS) is 20.7. The summed E-state index contributed by atoms with van der Waals surface area (Å²) in [5, 5.41) is 29.0. The fraction of sp³-hybridized carbons (Fsp3) is 0.895. The number of hydrogen-bond acceptors (Lipinski definition) is 13. The Bertz CT molecular complexity index is 545. The van der Waals surface area contributed by atoms with Crippen molar-refractivity contribution in [2.75, 3.05) is 26.4 Å². The van der Waals surface area contributed by atoms with E-state index in [1.54, 1.807) is 27.4 Å². The Morgan fingerprint density at radius 2 is 1.37 bits per heavy atom. The van der Waals surface area contributed by atoms with Crippen LogP contribution in [0.1, 0.15) is 39.5 Å². The molecule has 0 aromatic rings. The van der Waals surface area contributed by atoms with E-state index in [0.717, 1.165) is 6.42 Å². The molecule has 2 aliphatic rings. The minimum absolute atomic E-state index is 0.00926. The first-order valence-electron chi connectivity index (χ1n) is 13.9. The van der Waals surface area contributed by atoms with E-state index in [1.165, 1.54) is 0 Å². The maximum absolute atomic E-state index is 10.3. The maximum atomic E-state index is 10.3. The molecule has 0 spiro atoms. The van der Waals surface area contributed by atoms with Gasteiger partial charge in [-0.15, -0.1) is 0 Å². The SMILES string of the molecule is O=C1OCCC1O.[2H]B(C)S.[2H]B(C)S.[2H]B(C)S.[3H]OC(C)CCN.[3H]OC(C)CCO.[3H]OC1CCOC1=O. The van der Waals surface area contributed by atoms with Crippen LogP contribution in [0.15, 0.2) is 0 Å². The van der Waals surface area contributed by atoms with Crippen LogP contribution in [-0.2, 0) is 19.1 Å². The molecule has 7 N–H and O–H groups in total. The van der Waals surface area contributed by atoms with Gasteiger partial charge in [-0.1, -0.05) is 20.5 Å². The third kappa shape index (κ3) is 51.5. The van der Waals surface area contributed by atoms with Crippen LogP contribution < -0.4 is 5.73 Å². The Labute approximate surface area is 238 Å². The second-order valence-electron chi connectivity index (χ2n) is 6.40. The number of hydrogen-bond donors (Lipinski definition) is 9. The average Bonchev–Trinajstić information content (AvgIpc) is 3.45. The lowest BCUT2D eigenvalue weighted by Gasteiger charge is -1.95. The Morgan fingerprint density at radius 3 is 1.49 bits per heavy atom. The van der Waals surface area contributed by atoms with Crippen LogP contribution >= 0.6 is 37.4 Å². The molecular formula is C19H48B3NO9S3. The molecule has 0 aliphatic carbocycles. The molecule has 4 atom stereocenters. The van der Waals surface area contributed by atoms with Crippen LogP contribution in [0.3, 0.4) is 0 Å². The molecule has 2 saturated heterocycles. The summed E-state index contributed by atoms with van der Waals surface area (Å²) in [7, 11) is 0. The predicted molar refractivity (Wildman–Crippen MR) is 158 cm³/mol. The molecule has 16 heteroatoms. The molecular weight excluding hydrogens is 515 g/mol. The number of nitrogens with two attached hydrogens (primary N) is 1. The molecule has 10 nitrogen and oxygen atoms in total. The number of aliphatic hydroxyl groups is 5. The Morgan fingerprint density at radius 1 is 1.00 bits per heavy atom. The summed E-state index contributed by atoms with van der Waals surface area (Å²) in [6.45, 7) is 9.45. The highest BCUT2D eigenvalue weighted by Crippen LogP contribution is 2.04. The lowest BCUT2D eigenvalue weighted by molar-refractivity contribution is -0.145. The van der Waals surface area contributed by atoms with Crippen molar-refractivity contribution in [2.45, 2.75) is 84.4 Å². The van der Waals surface area contributed by atoms with E-state index in [4.69, 9.17) is 24.2 Å². The summed E-state index contributed by atoms with van der Waals surface area (Å²) in [4.78, 5) is 20.4. The molecule has 2 rings (SSSR count). The molecule has 2 aliphatic heterocycles. The smallest absolute Gasteiger partial charge is 0.335 e.